The number of aromatic nitrogens is 4. The van der Waals surface area contributed by atoms with Crippen LogP contribution in [0.5, 0.6) is 0 Å². The van der Waals surface area contributed by atoms with E-state index >= 15 is 0 Å². The monoisotopic (exact) mass is 325 g/mol. The van der Waals surface area contributed by atoms with E-state index in [0.29, 0.717) is 12.6 Å². The van der Waals surface area contributed by atoms with Crippen molar-refractivity contribution in [1.82, 2.24) is 24.6 Å². The van der Waals surface area contributed by atoms with Crippen molar-refractivity contribution in [2.24, 2.45) is 0 Å². The molecule has 1 saturated heterocycles. The first kappa shape index (κ1) is 15.4. The number of likely N-dealkylation sites (tertiary alicyclic amines) is 1. The van der Waals surface area contributed by atoms with Gasteiger partial charge in [-0.15, -0.1) is 0 Å². The highest BCUT2D eigenvalue weighted by molar-refractivity contribution is 5.22. The van der Waals surface area contributed by atoms with Crippen LogP contribution in [-0.2, 0) is 25.9 Å². The largest absolute Gasteiger partial charge is 0.294 e. The summed E-state index contributed by atoms with van der Waals surface area (Å²) in [5.41, 5.74) is 3.44. The number of hydrogen-bond donors (Lipinski definition) is 0. The van der Waals surface area contributed by atoms with Crippen LogP contribution in [0, 0.1) is 6.92 Å². The quantitative estimate of drug-likeness (QED) is 0.852. The van der Waals surface area contributed by atoms with E-state index in [0.717, 1.165) is 67.8 Å². The third-order valence-corrected chi connectivity index (χ3v) is 5.13. The third-order valence-electron chi connectivity index (χ3n) is 5.13. The van der Waals surface area contributed by atoms with Crippen LogP contribution in [0.25, 0.3) is 0 Å². The van der Waals surface area contributed by atoms with Crippen molar-refractivity contribution in [3.8, 4) is 0 Å². The lowest BCUT2D eigenvalue weighted by molar-refractivity contribution is 0.216. The van der Waals surface area contributed by atoms with Crippen LogP contribution in [0.3, 0.4) is 0 Å². The Morgan fingerprint density at radius 1 is 1.21 bits per heavy atom. The fourth-order valence-corrected chi connectivity index (χ4v) is 3.82. The molecule has 0 bridgehead atoms. The molecule has 126 valence electrons. The van der Waals surface area contributed by atoms with Crippen LogP contribution >= 0.6 is 0 Å². The maximum absolute atomic E-state index is 12.3. The second-order valence-corrected chi connectivity index (χ2v) is 6.90. The highest BCUT2D eigenvalue weighted by Crippen LogP contribution is 2.22. The first-order valence-corrected chi connectivity index (χ1v) is 8.80. The molecule has 2 aromatic rings. The van der Waals surface area contributed by atoms with Crippen LogP contribution in [-0.4, -0.2) is 37.2 Å². The summed E-state index contributed by atoms with van der Waals surface area (Å²) in [4.78, 5) is 23.3. The summed E-state index contributed by atoms with van der Waals surface area (Å²) in [6, 6.07) is 2.15. The van der Waals surface area contributed by atoms with Crippen molar-refractivity contribution in [3.05, 3.63) is 51.5 Å². The van der Waals surface area contributed by atoms with E-state index in [4.69, 9.17) is 0 Å². The average molecular weight is 325 g/mol. The summed E-state index contributed by atoms with van der Waals surface area (Å²) < 4.78 is 1.68. The molecule has 3 heterocycles. The Balaban J connectivity index is 1.49. The molecule has 1 atom stereocenters. The molecular weight excluding hydrogens is 302 g/mol. The van der Waals surface area contributed by atoms with Crippen molar-refractivity contribution in [2.45, 2.75) is 58.2 Å². The summed E-state index contributed by atoms with van der Waals surface area (Å²) in [6.45, 7) is 4.47. The Morgan fingerprint density at radius 3 is 2.88 bits per heavy atom. The molecule has 6 nitrogen and oxygen atoms in total. The summed E-state index contributed by atoms with van der Waals surface area (Å²) in [7, 11) is 0. The molecule has 0 saturated carbocycles. The maximum Gasteiger partial charge on any atom is 0.267 e. The number of fused-ring (bicyclic) bond motifs is 1. The van der Waals surface area contributed by atoms with Gasteiger partial charge in [-0.1, -0.05) is 0 Å². The van der Waals surface area contributed by atoms with Gasteiger partial charge in [0.2, 0.25) is 0 Å². The van der Waals surface area contributed by atoms with Gasteiger partial charge in [0, 0.05) is 36.6 Å². The van der Waals surface area contributed by atoms with E-state index in [1.54, 1.807) is 10.7 Å². The van der Waals surface area contributed by atoms with Crippen molar-refractivity contribution in [1.29, 1.82) is 0 Å². The van der Waals surface area contributed by atoms with Crippen LogP contribution in [0.2, 0.25) is 0 Å². The van der Waals surface area contributed by atoms with Crippen LogP contribution in [0.15, 0.2) is 23.3 Å². The molecule has 4 rings (SSSR count). The fraction of sp³-hybridized carbons (Fsp3) is 0.556. The van der Waals surface area contributed by atoms with E-state index < -0.39 is 0 Å². The molecule has 1 fully saturated rings. The lowest BCUT2D eigenvalue weighted by Gasteiger charge is -2.24. The van der Waals surface area contributed by atoms with Crippen LogP contribution in [0.1, 0.15) is 41.9 Å². The predicted molar refractivity (Wildman–Crippen MR) is 90.7 cm³/mol. The first-order chi connectivity index (χ1) is 11.7. The lowest BCUT2D eigenvalue weighted by Crippen LogP contribution is -2.37. The highest BCUT2D eigenvalue weighted by Gasteiger charge is 2.26. The Kier molecular flexibility index (Phi) is 4.14. The first-order valence-electron chi connectivity index (χ1n) is 8.80. The molecule has 0 aromatic carbocycles. The van der Waals surface area contributed by atoms with Gasteiger partial charge in [-0.05, 0) is 51.1 Å². The average Bonchev–Trinajstić information content (AvgIpc) is 3.19. The third kappa shape index (κ3) is 3.11. The molecule has 2 aromatic heterocycles. The summed E-state index contributed by atoms with van der Waals surface area (Å²) in [6.07, 6.45) is 9.20. The van der Waals surface area contributed by atoms with Gasteiger partial charge < -0.3 is 0 Å². The molecule has 1 unspecified atom stereocenters. The minimum atomic E-state index is 0.0427. The Morgan fingerprint density at radius 2 is 2.04 bits per heavy atom. The molecule has 0 radical (unpaired) electrons. The van der Waals surface area contributed by atoms with Crippen LogP contribution in [0.4, 0.5) is 0 Å². The van der Waals surface area contributed by atoms with E-state index in [2.05, 4.69) is 20.0 Å². The summed E-state index contributed by atoms with van der Waals surface area (Å²) in [5.74, 6) is 0.797. The normalized spacial score (nSPS) is 20.5. The van der Waals surface area contributed by atoms with E-state index in [1.807, 2.05) is 19.3 Å². The molecule has 24 heavy (non-hydrogen) atoms. The number of nitrogens with zero attached hydrogens (tertiary/aromatic N) is 5. The Bertz CT molecular complexity index is 783. The maximum atomic E-state index is 12.3. The van der Waals surface area contributed by atoms with Crippen molar-refractivity contribution in [2.75, 3.05) is 6.54 Å². The lowest BCUT2D eigenvalue weighted by atomic mass is 10.2. The minimum absolute atomic E-state index is 0.0427. The van der Waals surface area contributed by atoms with E-state index in [9.17, 15) is 4.79 Å². The molecule has 0 N–H and O–H groups in total. The zero-order valence-corrected chi connectivity index (χ0v) is 14.1. The molecule has 0 amide bonds. The SMILES string of the molecule is Cc1ncc(CN2CCCC2Cn2nc3c(cc2=O)CCC3)cn1. The highest BCUT2D eigenvalue weighted by atomic mass is 16.1. The van der Waals surface area contributed by atoms with Gasteiger partial charge >= 0.3 is 0 Å². The fourth-order valence-electron chi connectivity index (χ4n) is 3.82. The molecule has 6 heteroatoms. The van der Waals surface area contributed by atoms with Crippen molar-refractivity contribution >= 4 is 0 Å². The summed E-state index contributed by atoms with van der Waals surface area (Å²) in [5, 5.41) is 4.62. The minimum Gasteiger partial charge on any atom is -0.294 e. The van der Waals surface area contributed by atoms with E-state index in [-0.39, 0.29) is 5.56 Å². The number of rotatable bonds is 4. The number of hydrogen-bond acceptors (Lipinski definition) is 5. The zero-order valence-electron chi connectivity index (χ0n) is 14.1. The summed E-state index contributed by atoms with van der Waals surface area (Å²) >= 11 is 0. The predicted octanol–water partition coefficient (Wildman–Crippen LogP) is 1.50. The Labute approximate surface area is 141 Å². The van der Waals surface area contributed by atoms with E-state index in [1.165, 1.54) is 0 Å². The standard InChI is InChI=1S/C18H23N5O/c1-13-19-9-14(10-20-13)11-22-7-3-5-16(22)12-23-18(24)8-15-4-2-6-17(15)21-23/h8-10,16H,2-7,11-12H2,1H3. The molecular formula is C18H23N5O. The second kappa shape index (κ2) is 6.43. The zero-order chi connectivity index (χ0) is 16.5. The molecule has 1 aliphatic carbocycles. The van der Waals surface area contributed by atoms with Crippen LogP contribution < -0.4 is 5.56 Å². The van der Waals surface area contributed by atoms with Gasteiger partial charge in [0.1, 0.15) is 5.82 Å². The number of aryl methyl sites for hydroxylation is 3. The molecule has 2 aliphatic rings. The van der Waals surface area contributed by atoms with Crippen molar-refractivity contribution in [3.63, 3.8) is 0 Å². The van der Waals surface area contributed by atoms with Gasteiger partial charge in [-0.3, -0.25) is 9.69 Å². The van der Waals surface area contributed by atoms with Gasteiger partial charge in [0.05, 0.1) is 12.2 Å². The van der Waals surface area contributed by atoms with Gasteiger partial charge in [-0.2, -0.15) is 5.10 Å². The smallest absolute Gasteiger partial charge is 0.267 e. The second-order valence-electron chi connectivity index (χ2n) is 6.90. The van der Waals surface area contributed by atoms with Gasteiger partial charge in [0.25, 0.3) is 5.56 Å². The Hall–Kier alpha value is -2.08. The topological polar surface area (TPSA) is 63.9 Å². The molecule has 1 aliphatic heterocycles. The molecule has 0 spiro atoms. The van der Waals surface area contributed by atoms with Gasteiger partial charge in [0.15, 0.2) is 0 Å². The van der Waals surface area contributed by atoms with Crippen molar-refractivity contribution < 1.29 is 0 Å². The van der Waals surface area contributed by atoms with Gasteiger partial charge in [-0.25, -0.2) is 14.6 Å².